The van der Waals surface area contributed by atoms with Crippen LogP contribution in [0.15, 0.2) is 12.1 Å². The molecule has 9 rings (SSSR count). The molecule has 4 fully saturated rings. The smallest absolute Gasteiger partial charge is 0.319 e. The summed E-state index contributed by atoms with van der Waals surface area (Å²) in [7, 11) is 0. The minimum absolute atomic E-state index is 0.0335. The Morgan fingerprint density at radius 3 is 2.80 bits per heavy atom. The first-order chi connectivity index (χ1) is 24.1. The third-order valence-electron chi connectivity index (χ3n) is 11.9. The maximum atomic E-state index is 17.3. The van der Waals surface area contributed by atoms with E-state index in [1.807, 2.05) is 6.07 Å². The summed E-state index contributed by atoms with van der Waals surface area (Å²) < 4.78 is 59.6. The molecule has 2 aromatic carbocycles. The van der Waals surface area contributed by atoms with Crippen molar-refractivity contribution in [3.8, 4) is 29.0 Å². The van der Waals surface area contributed by atoms with Gasteiger partial charge in [-0.3, -0.25) is 4.90 Å². The molecule has 2 aromatic heterocycles. The molecule has 0 bridgehead atoms. The van der Waals surface area contributed by atoms with Gasteiger partial charge < -0.3 is 24.9 Å². The molecule has 2 N–H and O–H groups in total. The fraction of sp³-hybridized carbons (Fsp3) is 0.500. The Hall–Kier alpha value is -3.86. The lowest BCUT2D eigenvalue weighted by Gasteiger charge is -2.50. The van der Waals surface area contributed by atoms with Gasteiger partial charge in [0.25, 0.3) is 0 Å². The van der Waals surface area contributed by atoms with Crippen molar-refractivity contribution in [3.63, 3.8) is 0 Å². The molecule has 2 saturated heterocycles. The van der Waals surface area contributed by atoms with Gasteiger partial charge in [0.1, 0.15) is 53.9 Å². The van der Waals surface area contributed by atoms with Crippen molar-refractivity contribution in [2.75, 3.05) is 43.5 Å². The van der Waals surface area contributed by atoms with E-state index >= 15 is 8.78 Å². The Labute approximate surface area is 295 Å². The van der Waals surface area contributed by atoms with Crippen LogP contribution in [0.2, 0.25) is 5.02 Å². The predicted octanol–water partition coefficient (Wildman–Crippen LogP) is 7.20. The van der Waals surface area contributed by atoms with Crippen molar-refractivity contribution >= 4 is 61.0 Å². The predicted molar refractivity (Wildman–Crippen MR) is 185 cm³/mol. The molecule has 0 radical (unpaired) electrons. The number of nitriles is 1. The summed E-state index contributed by atoms with van der Waals surface area (Å²) in [6.07, 6.45) is 6.65. The number of hydrogen-bond acceptors (Lipinski definition) is 10. The molecule has 1 spiro atoms. The maximum absolute atomic E-state index is 17.3. The van der Waals surface area contributed by atoms with Crippen LogP contribution in [0.3, 0.4) is 0 Å². The fourth-order valence-corrected chi connectivity index (χ4v) is 10.9. The molecule has 3 aliphatic heterocycles. The Balaban J connectivity index is 1.20. The summed E-state index contributed by atoms with van der Waals surface area (Å²) in [5.41, 5.74) is 5.77. The van der Waals surface area contributed by atoms with E-state index in [2.05, 4.69) is 14.8 Å². The van der Waals surface area contributed by atoms with Gasteiger partial charge in [0.2, 0.25) is 0 Å². The number of aromatic nitrogens is 2. The summed E-state index contributed by atoms with van der Waals surface area (Å²) in [6, 6.07) is 4.65. The normalized spacial score (nSPS) is 28.9. The maximum Gasteiger partial charge on any atom is 0.319 e. The fourth-order valence-electron chi connectivity index (χ4n) is 9.64. The number of nitrogens with two attached hydrogens (primary N) is 1. The number of hydrogen-bond donors (Lipinski definition) is 1. The van der Waals surface area contributed by atoms with Crippen LogP contribution in [0.5, 0.6) is 11.8 Å². The number of nitrogen functional groups attached to an aromatic ring is 1. The molecule has 2 aliphatic carbocycles. The lowest BCUT2D eigenvalue weighted by molar-refractivity contribution is -0.111. The number of carbonyl (C=O) groups excluding carboxylic acids is 1. The van der Waals surface area contributed by atoms with E-state index in [0.717, 1.165) is 69.1 Å². The monoisotopic (exact) mass is 722 g/mol. The van der Waals surface area contributed by atoms with E-state index in [-0.39, 0.29) is 84.7 Å². The van der Waals surface area contributed by atoms with Gasteiger partial charge in [-0.2, -0.15) is 15.2 Å². The zero-order valence-corrected chi connectivity index (χ0v) is 28.7. The lowest BCUT2D eigenvalue weighted by Crippen LogP contribution is -2.51. The zero-order chi connectivity index (χ0) is 34.5. The number of alkyl halides is 1. The molecule has 5 heterocycles. The molecular weight excluding hydrogens is 689 g/mol. The molecule has 0 amide bonds. The summed E-state index contributed by atoms with van der Waals surface area (Å²) in [6.45, 7) is 1.96. The van der Waals surface area contributed by atoms with E-state index in [1.54, 1.807) is 0 Å². The van der Waals surface area contributed by atoms with Gasteiger partial charge in [-0.1, -0.05) is 17.7 Å². The summed E-state index contributed by atoms with van der Waals surface area (Å²) in [4.78, 5) is 25.3. The van der Waals surface area contributed by atoms with Gasteiger partial charge in [0, 0.05) is 35.9 Å². The standard InChI is InChI=1S/C36H34ClF3N6O3S/c37-27-25(21-2-3-23(39)31-24(21)22(14-41)32(42)50-31)28(40)29-26-30(27)48-9-8-46(20-12-35(13-20)6-4-18(10-35)16-47)33(26)44-34(43-29)49-17-36-5-1-7-45(36)15-19(38)11-36/h2-3,16,18-20H,1,4-13,15,17,42H2/t18?,19-,20?,35?,36+/m1/s1. The van der Waals surface area contributed by atoms with Crippen LogP contribution >= 0.6 is 22.9 Å². The Morgan fingerprint density at radius 2 is 2.02 bits per heavy atom. The number of carbonyl (C=O) groups is 1. The van der Waals surface area contributed by atoms with Crippen LogP contribution in [-0.4, -0.2) is 71.8 Å². The van der Waals surface area contributed by atoms with E-state index in [4.69, 9.17) is 31.8 Å². The minimum atomic E-state index is -0.948. The van der Waals surface area contributed by atoms with Gasteiger partial charge in [-0.05, 0) is 68.5 Å². The first kappa shape index (κ1) is 32.1. The SMILES string of the molecule is N#Cc1c(N)sc2c(F)ccc(-c3c(Cl)c4c5c(nc(OC[C@@]67CCCN6C[C@H](F)C7)nc5c3F)N(C3CC5(CCC(C=O)C5)C3)CCO4)c12. The average molecular weight is 723 g/mol. The van der Waals surface area contributed by atoms with Gasteiger partial charge in [0.05, 0.1) is 32.8 Å². The van der Waals surface area contributed by atoms with Gasteiger partial charge in [-0.25, -0.2) is 13.2 Å². The number of nitrogens with zero attached hydrogens (tertiary/aromatic N) is 5. The number of fused-ring (bicyclic) bond motifs is 2. The Bertz CT molecular complexity index is 2140. The highest BCUT2D eigenvalue weighted by Gasteiger charge is 2.52. The van der Waals surface area contributed by atoms with E-state index in [9.17, 15) is 14.4 Å². The van der Waals surface area contributed by atoms with Crippen LogP contribution in [-0.2, 0) is 4.79 Å². The van der Waals surface area contributed by atoms with Crippen LogP contribution in [0, 0.1) is 34.3 Å². The van der Waals surface area contributed by atoms with E-state index in [0.29, 0.717) is 30.7 Å². The number of ether oxygens (including phenoxy) is 2. The first-order valence-corrected chi connectivity index (χ1v) is 18.3. The highest BCUT2D eigenvalue weighted by atomic mass is 35.5. The van der Waals surface area contributed by atoms with Crippen LogP contribution < -0.4 is 20.1 Å². The molecule has 1 unspecified atom stereocenters. The number of benzene rings is 2. The second-order valence-corrected chi connectivity index (χ2v) is 16.2. The third-order valence-corrected chi connectivity index (χ3v) is 13.3. The topological polar surface area (TPSA) is 118 Å². The van der Waals surface area contributed by atoms with E-state index < -0.39 is 23.3 Å². The highest BCUT2D eigenvalue weighted by molar-refractivity contribution is 7.23. The van der Waals surface area contributed by atoms with Gasteiger partial charge in [0.15, 0.2) is 11.6 Å². The second kappa shape index (κ2) is 11.6. The van der Waals surface area contributed by atoms with Crippen molar-refractivity contribution in [2.24, 2.45) is 11.3 Å². The molecule has 3 atom stereocenters. The van der Waals surface area contributed by atoms with Crippen molar-refractivity contribution < 1.29 is 27.4 Å². The molecule has 9 nitrogen and oxygen atoms in total. The van der Waals surface area contributed by atoms with Crippen LogP contribution in [0.25, 0.3) is 32.1 Å². The van der Waals surface area contributed by atoms with E-state index in [1.165, 1.54) is 12.1 Å². The zero-order valence-electron chi connectivity index (χ0n) is 27.1. The van der Waals surface area contributed by atoms with Crippen molar-refractivity contribution in [1.29, 1.82) is 5.26 Å². The quantitative estimate of drug-likeness (QED) is 0.206. The molecular formula is C36H34ClF3N6O3S. The van der Waals surface area contributed by atoms with Crippen molar-refractivity contribution in [3.05, 3.63) is 34.4 Å². The minimum Gasteiger partial charge on any atom is -0.489 e. The number of halogens is 4. The lowest BCUT2D eigenvalue weighted by atomic mass is 9.63. The first-order valence-electron chi connectivity index (χ1n) is 17.1. The molecule has 2 saturated carbocycles. The number of thiophene rings is 1. The van der Waals surface area contributed by atoms with Crippen LogP contribution in [0.1, 0.15) is 56.9 Å². The van der Waals surface area contributed by atoms with Crippen molar-refractivity contribution in [1.82, 2.24) is 14.9 Å². The molecule has 260 valence electrons. The largest absolute Gasteiger partial charge is 0.489 e. The second-order valence-electron chi connectivity index (χ2n) is 14.7. The molecule has 50 heavy (non-hydrogen) atoms. The average Bonchev–Trinajstić information content (AvgIpc) is 3.82. The summed E-state index contributed by atoms with van der Waals surface area (Å²) in [5.74, 6) is -0.684. The number of anilines is 2. The van der Waals surface area contributed by atoms with Crippen LogP contribution in [0.4, 0.5) is 24.0 Å². The van der Waals surface area contributed by atoms with Gasteiger partial charge in [-0.15, -0.1) is 11.3 Å². The molecule has 4 aromatic rings. The van der Waals surface area contributed by atoms with Gasteiger partial charge >= 0.3 is 6.01 Å². The Kier molecular flexibility index (Phi) is 7.43. The third kappa shape index (κ3) is 4.70. The molecule has 5 aliphatic rings. The number of aldehydes is 1. The summed E-state index contributed by atoms with van der Waals surface area (Å²) in [5, 5.41) is 10.5. The highest BCUT2D eigenvalue weighted by Crippen LogP contribution is 2.58. The number of rotatable bonds is 6. The molecule has 14 heteroatoms. The van der Waals surface area contributed by atoms with Crippen molar-refractivity contribution in [2.45, 2.75) is 69.1 Å². The Morgan fingerprint density at radius 1 is 1.18 bits per heavy atom. The summed E-state index contributed by atoms with van der Waals surface area (Å²) >= 11 is 7.98.